The number of rotatable bonds is 9. The zero-order valence-corrected chi connectivity index (χ0v) is 27.1. The molecule has 45 heavy (non-hydrogen) atoms. The molecule has 3 aromatic carbocycles. The maximum Gasteiger partial charge on any atom is 0.338 e. The maximum atomic E-state index is 14.0. The molecule has 0 radical (unpaired) electrons. The van der Waals surface area contributed by atoms with E-state index in [-0.39, 0.29) is 18.5 Å². The molecule has 0 spiro atoms. The Balaban J connectivity index is 1.34. The molecule has 11 heteroatoms. The third-order valence-corrected chi connectivity index (χ3v) is 9.06. The largest absolute Gasteiger partial charge is 0.493 e. The summed E-state index contributed by atoms with van der Waals surface area (Å²) in [4.78, 5) is 33.6. The van der Waals surface area contributed by atoms with Crippen molar-refractivity contribution in [1.29, 1.82) is 0 Å². The second-order valence-corrected chi connectivity index (χ2v) is 12.6. The predicted octanol–water partition coefficient (Wildman–Crippen LogP) is 5.23. The van der Waals surface area contributed by atoms with Crippen molar-refractivity contribution >= 4 is 35.1 Å². The Hall–Kier alpha value is -4.48. The van der Waals surface area contributed by atoms with Crippen LogP contribution in [-0.2, 0) is 16.1 Å². The number of nitrogens with zero attached hydrogens (tertiary/aromatic N) is 2. The average Bonchev–Trinajstić information content (AvgIpc) is 3.62. The first kappa shape index (κ1) is 30.5. The van der Waals surface area contributed by atoms with Gasteiger partial charge in [-0.25, -0.2) is 9.79 Å². The summed E-state index contributed by atoms with van der Waals surface area (Å²) in [5.41, 5.74) is 3.11. The van der Waals surface area contributed by atoms with Crippen LogP contribution in [0.2, 0.25) is 0 Å². The number of fused-ring (bicyclic) bond motifs is 2. The molecule has 0 N–H and O–H groups in total. The van der Waals surface area contributed by atoms with E-state index in [1.54, 1.807) is 50.3 Å². The Labute approximate surface area is 268 Å². The number of benzene rings is 3. The number of hydrogen-bond acceptors (Lipinski definition) is 10. The van der Waals surface area contributed by atoms with E-state index in [0.29, 0.717) is 50.2 Å². The number of aromatic nitrogens is 1. The normalized spacial score (nSPS) is 15.6. The molecule has 4 aromatic rings. The number of thioether (sulfide) groups is 1. The van der Waals surface area contributed by atoms with Gasteiger partial charge in [0.15, 0.2) is 27.8 Å². The number of allylic oxidation sites excluding steroid dienone is 1. The molecule has 2 aliphatic heterocycles. The SMILES string of the molecule is COc1cc(/C=c2\sc3n(c2=O)[C@H](c2ccc(SC)cc2)C(C(=O)OC(C)C)=C(C)N=3)ccc1OCc1ccc2c(c1)OCO2. The number of esters is 1. The Morgan fingerprint density at radius 3 is 2.60 bits per heavy atom. The van der Waals surface area contributed by atoms with Gasteiger partial charge in [-0.1, -0.05) is 35.6 Å². The molecule has 1 atom stereocenters. The van der Waals surface area contributed by atoms with Crippen LogP contribution in [0.15, 0.2) is 86.6 Å². The van der Waals surface area contributed by atoms with Crippen LogP contribution in [0.3, 0.4) is 0 Å². The van der Waals surface area contributed by atoms with E-state index in [9.17, 15) is 9.59 Å². The van der Waals surface area contributed by atoms with Crippen LogP contribution in [-0.4, -0.2) is 36.8 Å². The number of methoxy groups -OCH3 is 1. The van der Waals surface area contributed by atoms with Gasteiger partial charge in [0.25, 0.3) is 5.56 Å². The van der Waals surface area contributed by atoms with Crippen molar-refractivity contribution in [2.75, 3.05) is 20.2 Å². The lowest BCUT2D eigenvalue weighted by molar-refractivity contribution is -0.143. The maximum absolute atomic E-state index is 14.0. The molecule has 9 nitrogen and oxygen atoms in total. The standard InChI is InChI=1S/C34H32N2O7S2/c1-19(2)43-33(38)30-20(3)35-34-36(31(30)23-8-10-24(44-5)11-9-23)32(37)29(45-34)16-21-6-12-25(27(14-21)39-4)40-17-22-7-13-26-28(15-22)42-18-41-26/h6-16,19,31H,17-18H2,1-5H3/b29-16-/t31-/m1/s1. The van der Waals surface area contributed by atoms with Gasteiger partial charge < -0.3 is 23.7 Å². The lowest BCUT2D eigenvalue weighted by Crippen LogP contribution is -2.40. The van der Waals surface area contributed by atoms with Gasteiger partial charge in [-0.15, -0.1) is 11.8 Å². The monoisotopic (exact) mass is 644 g/mol. The minimum absolute atomic E-state index is 0.213. The van der Waals surface area contributed by atoms with Crippen LogP contribution >= 0.6 is 23.1 Å². The molecule has 0 aliphatic carbocycles. The van der Waals surface area contributed by atoms with E-state index >= 15 is 0 Å². The van der Waals surface area contributed by atoms with Crippen LogP contribution in [0.5, 0.6) is 23.0 Å². The second-order valence-electron chi connectivity index (χ2n) is 10.7. The molecule has 0 amide bonds. The first-order valence-corrected chi connectivity index (χ1v) is 16.4. The van der Waals surface area contributed by atoms with E-state index in [2.05, 4.69) is 4.99 Å². The summed E-state index contributed by atoms with van der Waals surface area (Å²) in [5, 5.41) is 0. The van der Waals surface area contributed by atoms with Gasteiger partial charge in [0.1, 0.15) is 6.61 Å². The lowest BCUT2D eigenvalue weighted by atomic mass is 9.96. The summed E-state index contributed by atoms with van der Waals surface area (Å²) in [6.45, 7) is 5.90. The van der Waals surface area contributed by atoms with Crippen LogP contribution in [0.25, 0.3) is 6.08 Å². The fourth-order valence-corrected chi connectivity index (χ4v) is 6.65. The van der Waals surface area contributed by atoms with Gasteiger partial charge in [-0.3, -0.25) is 9.36 Å². The minimum Gasteiger partial charge on any atom is -0.493 e. The Bertz CT molecular complexity index is 1980. The minimum atomic E-state index is -0.674. The molecule has 232 valence electrons. The summed E-state index contributed by atoms with van der Waals surface area (Å²) in [7, 11) is 1.57. The topological polar surface area (TPSA) is 97.6 Å². The zero-order chi connectivity index (χ0) is 31.7. The first-order chi connectivity index (χ1) is 21.7. The summed E-state index contributed by atoms with van der Waals surface area (Å²) >= 11 is 2.89. The molecule has 6 rings (SSSR count). The van der Waals surface area contributed by atoms with Gasteiger partial charge in [0.2, 0.25) is 6.79 Å². The molecular formula is C34H32N2O7S2. The summed E-state index contributed by atoms with van der Waals surface area (Å²) in [5.74, 6) is 2.01. The highest BCUT2D eigenvalue weighted by Gasteiger charge is 2.33. The quantitative estimate of drug-likeness (QED) is 0.181. The van der Waals surface area contributed by atoms with Crippen molar-refractivity contribution in [2.45, 2.75) is 44.4 Å². The van der Waals surface area contributed by atoms with Gasteiger partial charge >= 0.3 is 5.97 Å². The molecule has 0 saturated heterocycles. The van der Waals surface area contributed by atoms with Gasteiger partial charge in [-0.05, 0) is 86.2 Å². The van der Waals surface area contributed by atoms with Crippen molar-refractivity contribution in [2.24, 2.45) is 4.99 Å². The Morgan fingerprint density at radius 1 is 1.09 bits per heavy atom. The van der Waals surface area contributed by atoms with E-state index in [4.69, 9.17) is 23.7 Å². The van der Waals surface area contributed by atoms with E-state index in [1.807, 2.05) is 66.9 Å². The number of thiazole rings is 1. The summed E-state index contributed by atoms with van der Waals surface area (Å²) in [6, 6.07) is 18.4. The van der Waals surface area contributed by atoms with Gasteiger partial charge in [0.05, 0.1) is 35.1 Å². The molecule has 2 aliphatic rings. The molecule has 0 saturated carbocycles. The van der Waals surface area contributed by atoms with E-state index in [1.165, 1.54) is 11.3 Å². The van der Waals surface area contributed by atoms with Crippen molar-refractivity contribution in [1.82, 2.24) is 4.57 Å². The highest BCUT2D eigenvalue weighted by atomic mass is 32.2. The number of hydrogen-bond donors (Lipinski definition) is 0. The number of ether oxygens (including phenoxy) is 5. The van der Waals surface area contributed by atoms with Crippen LogP contribution in [0.4, 0.5) is 0 Å². The molecular weight excluding hydrogens is 613 g/mol. The molecule has 3 heterocycles. The van der Waals surface area contributed by atoms with E-state index in [0.717, 1.165) is 21.6 Å². The number of carbonyl (C=O) groups is 1. The third kappa shape index (κ3) is 6.23. The first-order valence-electron chi connectivity index (χ1n) is 14.3. The fraction of sp³-hybridized carbons (Fsp3) is 0.265. The zero-order valence-electron chi connectivity index (χ0n) is 25.5. The molecule has 1 aromatic heterocycles. The molecule has 0 fully saturated rings. The van der Waals surface area contributed by atoms with Crippen LogP contribution < -0.4 is 33.8 Å². The van der Waals surface area contributed by atoms with Gasteiger partial charge in [0, 0.05) is 4.90 Å². The highest BCUT2D eigenvalue weighted by molar-refractivity contribution is 7.98. The smallest absolute Gasteiger partial charge is 0.338 e. The Morgan fingerprint density at radius 2 is 1.87 bits per heavy atom. The van der Waals surface area contributed by atoms with Crippen molar-refractivity contribution in [3.05, 3.63) is 108 Å². The highest BCUT2D eigenvalue weighted by Crippen LogP contribution is 2.35. The van der Waals surface area contributed by atoms with Crippen molar-refractivity contribution < 1.29 is 28.5 Å². The Kier molecular flexibility index (Phi) is 8.73. The van der Waals surface area contributed by atoms with Gasteiger partial charge in [-0.2, -0.15) is 0 Å². The fourth-order valence-electron chi connectivity index (χ4n) is 5.20. The second kappa shape index (κ2) is 12.9. The summed E-state index contributed by atoms with van der Waals surface area (Å²) < 4.78 is 30.2. The van der Waals surface area contributed by atoms with Crippen molar-refractivity contribution in [3.63, 3.8) is 0 Å². The predicted molar refractivity (Wildman–Crippen MR) is 173 cm³/mol. The molecule has 0 bridgehead atoms. The van der Waals surface area contributed by atoms with E-state index < -0.39 is 12.0 Å². The van der Waals surface area contributed by atoms with Crippen molar-refractivity contribution in [3.8, 4) is 23.0 Å². The molecule has 0 unspecified atom stereocenters. The number of carbonyl (C=O) groups excluding carboxylic acids is 1. The third-order valence-electron chi connectivity index (χ3n) is 7.33. The van der Waals surface area contributed by atoms with Crippen LogP contribution in [0.1, 0.15) is 43.5 Å². The average molecular weight is 645 g/mol. The summed E-state index contributed by atoms with van der Waals surface area (Å²) in [6.07, 6.45) is 3.48. The lowest BCUT2D eigenvalue weighted by Gasteiger charge is -2.25. The van der Waals surface area contributed by atoms with Crippen LogP contribution in [0, 0.1) is 0 Å².